The van der Waals surface area contributed by atoms with E-state index in [2.05, 4.69) is 23.3 Å². The molecule has 3 heterocycles. The number of hydrogen-bond donors (Lipinski definition) is 1. The Morgan fingerprint density at radius 2 is 1.74 bits per heavy atom. The van der Waals surface area contributed by atoms with Gasteiger partial charge in [0.2, 0.25) is 10.0 Å². The number of pyridine rings is 1. The van der Waals surface area contributed by atoms with Gasteiger partial charge in [0.15, 0.2) is 0 Å². The maximum atomic E-state index is 13.0. The molecule has 2 aliphatic heterocycles. The number of amides is 2. The first-order valence-electron chi connectivity index (χ1n) is 12.0. The Morgan fingerprint density at radius 1 is 1.03 bits per heavy atom. The van der Waals surface area contributed by atoms with Crippen LogP contribution in [0, 0.1) is 0 Å². The number of carbonyl (C=O) groups is 1. The molecular weight excluding hydrogens is 460 g/mol. The first-order chi connectivity index (χ1) is 16.8. The largest absolute Gasteiger partial charge is 0.324 e. The van der Waals surface area contributed by atoms with Crippen LogP contribution in [-0.2, 0) is 21.9 Å². The van der Waals surface area contributed by atoms with E-state index < -0.39 is 10.0 Å². The fourth-order valence-electron chi connectivity index (χ4n) is 5.25. The smallest absolute Gasteiger partial charge is 0.321 e. The summed E-state index contributed by atoms with van der Waals surface area (Å²) in [6.07, 6.45) is 5.42. The van der Waals surface area contributed by atoms with Crippen LogP contribution in [0.1, 0.15) is 31.0 Å². The minimum atomic E-state index is -3.35. The van der Waals surface area contributed by atoms with Gasteiger partial charge in [0.1, 0.15) is 0 Å². The van der Waals surface area contributed by atoms with Crippen LogP contribution in [0.3, 0.4) is 0 Å². The van der Waals surface area contributed by atoms with E-state index >= 15 is 0 Å². The van der Waals surface area contributed by atoms with Gasteiger partial charge < -0.3 is 10.2 Å². The van der Waals surface area contributed by atoms with E-state index in [4.69, 9.17) is 0 Å². The Kier molecular flexibility index (Phi) is 6.01. The van der Waals surface area contributed by atoms with E-state index in [0.29, 0.717) is 19.6 Å². The highest BCUT2D eigenvalue weighted by atomic mass is 32.2. The maximum Gasteiger partial charge on any atom is 0.321 e. The first-order valence-corrected chi connectivity index (χ1v) is 13.8. The van der Waals surface area contributed by atoms with Gasteiger partial charge in [0, 0.05) is 42.6 Å². The standard InChI is InChI=1S/C27H30N4O3S/c1-3-22-18-21(12-15-28-22)20-8-10-23(11-9-20)29-26(32)30-16-13-27(14-17-30)19-31(35(2,33)34)25-7-5-4-6-24(25)27/h4-12,15,18H,3,13-14,16-17,19H2,1-2H3,(H,29,32). The summed E-state index contributed by atoms with van der Waals surface area (Å²) >= 11 is 0. The van der Waals surface area contributed by atoms with E-state index in [0.717, 1.165) is 53.0 Å². The minimum absolute atomic E-state index is 0.129. The summed E-state index contributed by atoms with van der Waals surface area (Å²) in [5.41, 5.74) is 5.58. The number of hydrogen-bond acceptors (Lipinski definition) is 4. The molecule has 0 radical (unpaired) electrons. The molecule has 1 N–H and O–H groups in total. The number of rotatable bonds is 4. The average Bonchev–Trinajstić information content (AvgIpc) is 3.19. The van der Waals surface area contributed by atoms with Crippen molar-refractivity contribution in [3.63, 3.8) is 0 Å². The SMILES string of the molecule is CCc1cc(-c2ccc(NC(=O)N3CCC4(CC3)CN(S(C)(=O)=O)c3ccccc34)cc2)ccn1. The number of para-hydroxylation sites is 1. The number of anilines is 2. The van der Waals surface area contributed by atoms with Gasteiger partial charge in [-0.1, -0.05) is 37.3 Å². The lowest BCUT2D eigenvalue weighted by Crippen LogP contribution is -2.48. The molecule has 5 rings (SSSR count). The fourth-order valence-corrected chi connectivity index (χ4v) is 6.24. The normalized spacial score (nSPS) is 16.9. The van der Waals surface area contributed by atoms with Gasteiger partial charge in [0.05, 0.1) is 11.9 Å². The van der Waals surface area contributed by atoms with Gasteiger partial charge in [-0.2, -0.15) is 0 Å². The summed E-state index contributed by atoms with van der Waals surface area (Å²) in [4.78, 5) is 19.2. The molecule has 1 spiro atoms. The van der Waals surface area contributed by atoms with Gasteiger partial charge in [-0.25, -0.2) is 13.2 Å². The molecule has 1 aromatic heterocycles. The van der Waals surface area contributed by atoms with E-state index in [1.54, 1.807) is 0 Å². The zero-order valence-corrected chi connectivity index (χ0v) is 20.9. The Hall–Kier alpha value is -3.39. The highest BCUT2D eigenvalue weighted by molar-refractivity contribution is 7.92. The number of urea groups is 1. The quantitative estimate of drug-likeness (QED) is 0.577. The Labute approximate surface area is 206 Å². The summed E-state index contributed by atoms with van der Waals surface area (Å²) in [6.45, 7) is 3.68. The molecule has 7 nitrogen and oxygen atoms in total. The van der Waals surface area contributed by atoms with E-state index in [1.165, 1.54) is 10.6 Å². The van der Waals surface area contributed by atoms with Crippen LogP contribution >= 0.6 is 0 Å². The van der Waals surface area contributed by atoms with Gasteiger partial charge in [-0.15, -0.1) is 0 Å². The van der Waals surface area contributed by atoms with Crippen molar-refractivity contribution in [2.75, 3.05) is 35.5 Å². The molecule has 0 bridgehead atoms. The van der Waals surface area contributed by atoms with Gasteiger partial charge in [0.25, 0.3) is 0 Å². The zero-order valence-electron chi connectivity index (χ0n) is 20.1. The van der Waals surface area contributed by atoms with E-state index in [9.17, 15) is 13.2 Å². The van der Waals surface area contributed by atoms with Crippen molar-refractivity contribution in [1.29, 1.82) is 0 Å². The number of carbonyl (C=O) groups excluding carboxylic acids is 1. The second-order valence-electron chi connectivity index (χ2n) is 9.45. The lowest BCUT2D eigenvalue weighted by molar-refractivity contribution is 0.173. The van der Waals surface area contributed by atoms with Crippen molar-refractivity contribution in [3.8, 4) is 11.1 Å². The molecule has 0 saturated carbocycles. The number of nitrogens with one attached hydrogen (secondary N) is 1. The molecule has 2 amide bonds. The number of aryl methyl sites for hydroxylation is 1. The average molecular weight is 491 g/mol. The van der Waals surface area contributed by atoms with Gasteiger partial charge in [-0.05, 0) is 66.3 Å². The number of benzene rings is 2. The number of piperidine rings is 1. The number of aromatic nitrogens is 1. The maximum absolute atomic E-state index is 13.0. The molecular formula is C27H30N4O3S. The molecule has 2 aliphatic rings. The molecule has 0 aliphatic carbocycles. The number of fused-ring (bicyclic) bond motifs is 2. The highest BCUT2D eigenvalue weighted by Crippen LogP contribution is 2.47. The third kappa shape index (κ3) is 4.50. The molecule has 1 saturated heterocycles. The Morgan fingerprint density at radius 3 is 2.43 bits per heavy atom. The third-order valence-corrected chi connectivity index (χ3v) is 8.37. The van der Waals surface area contributed by atoms with Crippen LogP contribution in [0.4, 0.5) is 16.2 Å². The summed E-state index contributed by atoms with van der Waals surface area (Å²) in [5, 5.41) is 3.01. The molecule has 1 fully saturated rings. The fraction of sp³-hybridized carbons (Fsp3) is 0.333. The highest BCUT2D eigenvalue weighted by Gasteiger charge is 2.47. The van der Waals surface area contributed by atoms with Crippen molar-refractivity contribution in [3.05, 3.63) is 78.1 Å². The lowest BCUT2D eigenvalue weighted by atomic mass is 9.74. The molecule has 182 valence electrons. The van der Waals surface area contributed by atoms with Gasteiger partial charge in [-0.3, -0.25) is 9.29 Å². The number of nitrogens with zero attached hydrogens (tertiary/aromatic N) is 3. The van der Waals surface area contributed by atoms with Crippen LogP contribution in [-0.4, -0.2) is 50.2 Å². The van der Waals surface area contributed by atoms with Crippen LogP contribution in [0.25, 0.3) is 11.1 Å². The van der Waals surface area contributed by atoms with Crippen molar-refractivity contribution < 1.29 is 13.2 Å². The molecule has 8 heteroatoms. The molecule has 3 aromatic rings. The van der Waals surface area contributed by atoms with Gasteiger partial charge >= 0.3 is 6.03 Å². The van der Waals surface area contributed by atoms with E-state index in [1.807, 2.05) is 65.7 Å². The van der Waals surface area contributed by atoms with Crippen LogP contribution in [0.15, 0.2) is 66.9 Å². The number of sulfonamides is 1. The van der Waals surface area contributed by atoms with Crippen LogP contribution < -0.4 is 9.62 Å². The summed E-state index contributed by atoms with van der Waals surface area (Å²) < 4.78 is 26.3. The van der Waals surface area contributed by atoms with Crippen LogP contribution in [0.2, 0.25) is 0 Å². The van der Waals surface area contributed by atoms with Crippen molar-refractivity contribution in [1.82, 2.24) is 9.88 Å². The second kappa shape index (κ2) is 9.00. The number of likely N-dealkylation sites (tertiary alicyclic amines) is 1. The monoisotopic (exact) mass is 490 g/mol. The van der Waals surface area contributed by atoms with Crippen molar-refractivity contribution in [2.45, 2.75) is 31.6 Å². The Balaban J connectivity index is 1.25. The third-order valence-electron chi connectivity index (χ3n) is 7.25. The minimum Gasteiger partial charge on any atom is -0.324 e. The summed E-state index contributed by atoms with van der Waals surface area (Å²) in [6, 6.07) is 19.5. The van der Waals surface area contributed by atoms with Crippen molar-refractivity contribution in [2.24, 2.45) is 0 Å². The predicted molar refractivity (Wildman–Crippen MR) is 139 cm³/mol. The second-order valence-corrected chi connectivity index (χ2v) is 11.4. The first kappa shape index (κ1) is 23.4. The lowest BCUT2D eigenvalue weighted by Gasteiger charge is -2.39. The molecule has 2 aromatic carbocycles. The Bertz CT molecular complexity index is 1350. The zero-order chi connectivity index (χ0) is 24.6. The molecule has 0 atom stereocenters. The molecule has 35 heavy (non-hydrogen) atoms. The van der Waals surface area contributed by atoms with E-state index in [-0.39, 0.29) is 11.4 Å². The summed E-state index contributed by atoms with van der Waals surface area (Å²) in [5.74, 6) is 0. The van der Waals surface area contributed by atoms with Crippen LogP contribution in [0.5, 0.6) is 0 Å². The molecule has 0 unspecified atom stereocenters. The summed E-state index contributed by atoms with van der Waals surface area (Å²) in [7, 11) is -3.35. The van der Waals surface area contributed by atoms with Crippen molar-refractivity contribution >= 4 is 27.4 Å². The predicted octanol–water partition coefficient (Wildman–Crippen LogP) is 4.66. The topological polar surface area (TPSA) is 82.6 Å².